The number of carbonyl (C=O) groups is 9. The molecule has 0 saturated carbocycles. The zero-order chi connectivity index (χ0) is 66.6. The van der Waals surface area contributed by atoms with Crippen molar-refractivity contribution < 1.29 is 43.2 Å². The molecule has 88 heavy (non-hydrogen) atoms. The lowest BCUT2D eigenvalue weighted by molar-refractivity contribution is -0.143. The fourth-order valence-electron chi connectivity index (χ4n) is 8.87. The molecule has 0 aromatic carbocycles. The summed E-state index contributed by atoms with van der Waals surface area (Å²) in [6, 6.07) is -11.4. The minimum absolute atomic E-state index is 0.000326. The molecule has 0 aromatic rings. The average molecular weight is 1250 g/mol. The van der Waals surface area contributed by atoms with Crippen molar-refractivity contribution in [3.05, 3.63) is 0 Å². The summed E-state index contributed by atoms with van der Waals surface area (Å²) >= 11 is 0. The molecule has 37 heteroatoms. The Hall–Kier alpha value is -9.19. The lowest BCUT2D eigenvalue weighted by Gasteiger charge is -2.31. The monoisotopic (exact) mass is 1250 g/mol. The first kappa shape index (κ1) is 76.8. The maximum Gasteiger partial charge on any atom is 0.245 e. The van der Waals surface area contributed by atoms with Crippen molar-refractivity contribution in [3.63, 3.8) is 0 Å². The van der Waals surface area contributed by atoms with Gasteiger partial charge in [0.1, 0.15) is 48.3 Å². The molecular formula is C51H100N28O9. The Morgan fingerprint density at radius 2 is 0.659 bits per heavy atom. The van der Waals surface area contributed by atoms with E-state index >= 15 is 0 Å². The summed E-state index contributed by atoms with van der Waals surface area (Å²) in [6.07, 6.45) is 0.923. The standard InChI is InChI=1S/C51H100N28O9/c1-26(2)35(52)44(87)76-31(15-8-22-69-49(60)61)40(83)72-28(12-5-19-66-46(54)55)38(81)73-29(13-6-20-67-47(56)57)41(84)77-33(17-10-24-71-51(64)65)45(88)79-25-11-18-34(79)43(86)75-30(14-7-21-68-48(58)59)39(82)74-32(16-9-23-70-50(62)63)42(85)78-36(27(3)4)37(53)80/h26-36H,5-25,52H2,1-4H3,(H2,53,80)(H,72,83)(H,73,81)(H,74,82)(H,75,86)(H,76,87)(H,77,84)(H,78,85)(H4,54,55,66)(H4,56,57,67)(H4,58,59,68)(H4,60,61,69)(H4,62,63,70)(H4,64,65,71). The summed E-state index contributed by atoms with van der Waals surface area (Å²) in [4.78, 5) is 151. The van der Waals surface area contributed by atoms with Gasteiger partial charge in [0, 0.05) is 45.8 Å². The molecule has 498 valence electrons. The molecule has 35 N–H and O–H groups in total. The van der Waals surface area contributed by atoms with Crippen LogP contribution in [0.4, 0.5) is 0 Å². The van der Waals surface area contributed by atoms with Crippen LogP contribution in [0.5, 0.6) is 0 Å². The molecule has 0 aromatic heterocycles. The van der Waals surface area contributed by atoms with Gasteiger partial charge in [0.15, 0.2) is 35.8 Å². The molecule has 9 unspecified atom stereocenters. The van der Waals surface area contributed by atoms with E-state index in [0.29, 0.717) is 6.42 Å². The van der Waals surface area contributed by atoms with Crippen LogP contribution in [-0.2, 0) is 43.2 Å². The van der Waals surface area contributed by atoms with Crippen molar-refractivity contribution in [2.24, 2.45) is 122 Å². The number of hydrogen-bond acceptors (Lipinski definition) is 16. The first-order valence-electron chi connectivity index (χ1n) is 29.2. The van der Waals surface area contributed by atoms with E-state index in [0.717, 1.165) is 0 Å². The van der Waals surface area contributed by atoms with Crippen LogP contribution >= 0.6 is 0 Å². The molecule has 1 rings (SSSR count). The van der Waals surface area contributed by atoms with Crippen LogP contribution in [0.15, 0.2) is 30.0 Å². The van der Waals surface area contributed by atoms with E-state index < -0.39 is 113 Å². The summed E-state index contributed by atoms with van der Waals surface area (Å²) in [7, 11) is 0. The number of aliphatic imine (C=N–C) groups is 6. The van der Waals surface area contributed by atoms with Crippen molar-refractivity contribution in [3.8, 4) is 0 Å². The predicted molar refractivity (Wildman–Crippen MR) is 335 cm³/mol. The predicted octanol–water partition coefficient (Wildman–Crippen LogP) is -9.18. The zero-order valence-electron chi connectivity index (χ0n) is 51.1. The van der Waals surface area contributed by atoms with Crippen LogP contribution in [0.25, 0.3) is 0 Å². The number of nitrogens with one attached hydrogen (secondary N) is 7. The number of hydrogen-bond donors (Lipinski definition) is 21. The molecule has 1 aliphatic heterocycles. The van der Waals surface area contributed by atoms with Crippen molar-refractivity contribution in [2.45, 2.75) is 172 Å². The number of primary amides is 1. The number of rotatable bonds is 42. The molecule has 1 aliphatic rings. The molecule has 9 atom stereocenters. The zero-order valence-corrected chi connectivity index (χ0v) is 51.1. The third-order valence-electron chi connectivity index (χ3n) is 13.6. The van der Waals surface area contributed by atoms with E-state index in [-0.39, 0.29) is 171 Å². The Morgan fingerprint density at radius 1 is 0.386 bits per heavy atom. The van der Waals surface area contributed by atoms with E-state index in [9.17, 15) is 43.2 Å². The average Bonchev–Trinajstić information content (AvgIpc) is 3.26. The van der Waals surface area contributed by atoms with Gasteiger partial charge in [-0.2, -0.15) is 0 Å². The van der Waals surface area contributed by atoms with Crippen LogP contribution in [0, 0.1) is 11.8 Å². The maximum absolute atomic E-state index is 14.9. The molecular weight excluding hydrogens is 1150 g/mol. The van der Waals surface area contributed by atoms with Crippen LogP contribution in [0.3, 0.4) is 0 Å². The highest BCUT2D eigenvalue weighted by atomic mass is 16.2. The fourth-order valence-corrected chi connectivity index (χ4v) is 8.87. The van der Waals surface area contributed by atoms with E-state index in [1.807, 2.05) is 0 Å². The van der Waals surface area contributed by atoms with Gasteiger partial charge in [-0.25, -0.2) is 0 Å². The van der Waals surface area contributed by atoms with Gasteiger partial charge in [-0.15, -0.1) is 0 Å². The highest BCUT2D eigenvalue weighted by Gasteiger charge is 2.40. The molecule has 1 heterocycles. The molecule has 9 amide bonds. The van der Waals surface area contributed by atoms with Crippen LogP contribution in [0.1, 0.15) is 118 Å². The second-order valence-electron chi connectivity index (χ2n) is 21.7. The Labute approximate surface area is 512 Å². The third-order valence-corrected chi connectivity index (χ3v) is 13.6. The largest absolute Gasteiger partial charge is 0.370 e. The quantitative estimate of drug-likeness (QED) is 0.0153. The minimum atomic E-state index is -1.44. The van der Waals surface area contributed by atoms with Gasteiger partial charge in [0.2, 0.25) is 53.2 Å². The smallest absolute Gasteiger partial charge is 0.245 e. The SMILES string of the molecule is CC(C)C(N)C(=O)NC(CCCN=C(N)N)C(=O)NC(CCCN=C(N)N)C(=O)NC(CCCN=C(N)N)C(=O)NC(CCCN=C(N)N)C(=O)N1CCCC1C(=O)NC(CCCN=C(N)N)C(=O)NC(CCCN=C(N)N)C(=O)NC(C(N)=O)C(C)C. The Balaban J connectivity index is 3.82. The number of amides is 9. The van der Waals surface area contributed by atoms with Gasteiger partial charge in [-0.05, 0) is 102 Å². The molecule has 1 fully saturated rings. The number of carbonyl (C=O) groups excluding carboxylic acids is 9. The summed E-state index contributed by atoms with van der Waals surface area (Å²) < 4.78 is 0. The van der Waals surface area contributed by atoms with Crippen molar-refractivity contribution in [1.82, 2.24) is 42.1 Å². The molecule has 0 radical (unpaired) electrons. The second-order valence-corrected chi connectivity index (χ2v) is 21.7. The second kappa shape index (κ2) is 41.0. The van der Waals surface area contributed by atoms with Crippen molar-refractivity contribution in [1.29, 1.82) is 0 Å². The summed E-state index contributed by atoms with van der Waals surface area (Å²) in [6.45, 7) is 7.04. The highest BCUT2D eigenvalue weighted by Crippen LogP contribution is 2.21. The molecule has 0 spiro atoms. The molecule has 0 aliphatic carbocycles. The summed E-state index contributed by atoms with van der Waals surface area (Å²) in [5.41, 5.74) is 78.2. The highest BCUT2D eigenvalue weighted by molar-refractivity contribution is 5.98. The van der Waals surface area contributed by atoms with E-state index in [1.54, 1.807) is 27.7 Å². The first-order valence-corrected chi connectivity index (χ1v) is 29.2. The van der Waals surface area contributed by atoms with E-state index in [2.05, 4.69) is 67.2 Å². The topological polar surface area (TPSA) is 680 Å². The molecule has 1 saturated heterocycles. The number of nitrogens with zero attached hydrogens (tertiary/aromatic N) is 7. The third kappa shape index (κ3) is 31.3. The van der Waals surface area contributed by atoms with Gasteiger partial charge in [0.25, 0.3) is 0 Å². The van der Waals surface area contributed by atoms with Crippen molar-refractivity contribution >= 4 is 88.9 Å². The van der Waals surface area contributed by atoms with Gasteiger partial charge >= 0.3 is 0 Å². The summed E-state index contributed by atoms with van der Waals surface area (Å²) in [5, 5.41) is 18.8. The van der Waals surface area contributed by atoms with Gasteiger partial charge in [0.05, 0.1) is 6.04 Å². The van der Waals surface area contributed by atoms with Crippen molar-refractivity contribution in [2.75, 3.05) is 45.8 Å². The first-order chi connectivity index (χ1) is 41.4. The Morgan fingerprint density at radius 3 is 0.943 bits per heavy atom. The van der Waals surface area contributed by atoms with Crippen LogP contribution in [0.2, 0.25) is 0 Å². The van der Waals surface area contributed by atoms with E-state index in [1.165, 1.54) is 4.90 Å². The number of nitrogens with two attached hydrogens (primary N) is 14. The normalized spacial score (nSPS) is 15.4. The van der Waals surface area contributed by atoms with Crippen LogP contribution in [-0.4, -0.2) is 194 Å². The van der Waals surface area contributed by atoms with Gasteiger partial charge < -0.3 is 122 Å². The maximum atomic E-state index is 14.9. The fraction of sp³-hybridized carbons (Fsp3) is 0.706. The van der Waals surface area contributed by atoms with Crippen LogP contribution < -0.4 is 117 Å². The molecule has 0 bridgehead atoms. The van der Waals surface area contributed by atoms with Gasteiger partial charge in [-0.3, -0.25) is 73.1 Å². The minimum Gasteiger partial charge on any atom is -0.370 e. The number of guanidine groups is 6. The lowest BCUT2D eigenvalue weighted by atomic mass is 10.0. The molecule has 37 nitrogen and oxygen atoms in total. The number of likely N-dealkylation sites (tertiary alicyclic amines) is 1. The Kier molecular flexibility index (Phi) is 35.8. The van der Waals surface area contributed by atoms with E-state index in [4.69, 9.17) is 80.3 Å². The van der Waals surface area contributed by atoms with Gasteiger partial charge in [-0.1, -0.05) is 27.7 Å². The Bertz CT molecular complexity index is 2460. The summed E-state index contributed by atoms with van der Waals surface area (Å²) in [5.74, 6) is -9.13. The lowest BCUT2D eigenvalue weighted by Crippen LogP contribution is -2.60.